The Morgan fingerprint density at radius 3 is 1.68 bits per heavy atom. The van der Waals surface area contributed by atoms with Gasteiger partial charge in [0.25, 0.3) is 0 Å². The second-order valence-corrected chi connectivity index (χ2v) is 17.6. The molecule has 0 radical (unpaired) electrons. The standard InChI is InChI=1S/C40H46N6O4/c1-36(2,3)49-34(47)45-23-38(15-16-38)17-30(45)32-41-19-28(43-32)26-11-7-24(8-12-26)25-9-13-27(14-10-25)29-20-42-33(44-29)31-18-39-21-40(39,22-39)46(31)35(48)50-37(4,5)6/h7-14,19-20,30-31H,15-18,21-23H2,1-6H3,(H,41,43)(H,42,44). The quantitative estimate of drug-likeness (QED) is 0.219. The molecule has 3 saturated carbocycles. The molecule has 4 aromatic rings. The number of carbonyl (C=O) groups excluding carboxylic acids is 2. The smallest absolute Gasteiger partial charge is 0.411 e. The van der Waals surface area contributed by atoms with Crippen molar-refractivity contribution in [2.24, 2.45) is 10.8 Å². The fourth-order valence-electron chi connectivity index (χ4n) is 8.67. The van der Waals surface area contributed by atoms with Crippen molar-refractivity contribution in [1.29, 1.82) is 0 Å². The molecule has 2 saturated heterocycles. The van der Waals surface area contributed by atoms with Gasteiger partial charge in [-0.3, -0.25) is 9.80 Å². The lowest BCUT2D eigenvalue weighted by molar-refractivity contribution is 0.00793. The molecule has 260 valence electrons. The number of imidazole rings is 2. The van der Waals surface area contributed by atoms with E-state index in [9.17, 15) is 9.59 Å². The third-order valence-electron chi connectivity index (χ3n) is 11.6. The Labute approximate surface area is 293 Å². The highest BCUT2D eigenvalue weighted by Gasteiger charge is 2.91. The van der Waals surface area contributed by atoms with Gasteiger partial charge in [0.2, 0.25) is 0 Å². The molecule has 5 fully saturated rings. The minimum absolute atomic E-state index is 0.0117. The zero-order valence-electron chi connectivity index (χ0n) is 29.8. The van der Waals surface area contributed by atoms with E-state index in [-0.39, 0.29) is 40.6 Å². The summed E-state index contributed by atoms with van der Waals surface area (Å²) in [7, 11) is 0. The molecule has 4 heterocycles. The van der Waals surface area contributed by atoms with Crippen LogP contribution in [0.1, 0.15) is 104 Å². The second kappa shape index (κ2) is 10.2. The van der Waals surface area contributed by atoms with Crippen LogP contribution in [-0.2, 0) is 9.47 Å². The number of H-pyrrole nitrogens is 2. The SMILES string of the molecule is CC(C)(C)OC(=O)N1CC2(CC2)CC1c1ncc(-c2ccc(-c3ccc(-c4cnc(C5CC67CC6(C7)N5C(=O)OC(C)(C)C)[nH]4)cc3)cc2)[nH]1. The van der Waals surface area contributed by atoms with Crippen LogP contribution in [-0.4, -0.2) is 65.2 Å². The monoisotopic (exact) mass is 674 g/mol. The van der Waals surface area contributed by atoms with Gasteiger partial charge in [-0.05, 0) is 108 Å². The van der Waals surface area contributed by atoms with E-state index in [1.165, 1.54) is 0 Å². The van der Waals surface area contributed by atoms with Gasteiger partial charge in [-0.1, -0.05) is 48.5 Å². The Bertz CT molecular complexity index is 1900. The van der Waals surface area contributed by atoms with Crippen molar-refractivity contribution in [3.05, 3.63) is 72.6 Å². The minimum atomic E-state index is -0.540. The zero-order chi connectivity index (χ0) is 34.8. The highest BCUT2D eigenvalue weighted by molar-refractivity contribution is 5.75. The first-order valence-electron chi connectivity index (χ1n) is 18.0. The molecular weight excluding hydrogens is 628 g/mol. The average Bonchev–Trinajstić information content (AvgIpc) is 3.76. The third-order valence-corrected chi connectivity index (χ3v) is 11.6. The average molecular weight is 675 g/mol. The van der Waals surface area contributed by atoms with Crippen molar-refractivity contribution in [3.8, 4) is 33.6 Å². The zero-order valence-corrected chi connectivity index (χ0v) is 29.8. The number of benzene rings is 2. The number of amides is 2. The molecule has 9 rings (SSSR count). The maximum atomic E-state index is 13.3. The molecule has 50 heavy (non-hydrogen) atoms. The first-order valence-corrected chi connectivity index (χ1v) is 18.0. The van der Waals surface area contributed by atoms with Crippen LogP contribution in [0.4, 0.5) is 9.59 Å². The number of hydrogen-bond donors (Lipinski definition) is 2. The number of hydrogen-bond acceptors (Lipinski definition) is 6. The summed E-state index contributed by atoms with van der Waals surface area (Å²) in [6, 6.07) is 16.8. The second-order valence-electron chi connectivity index (χ2n) is 17.6. The van der Waals surface area contributed by atoms with E-state index in [0.29, 0.717) is 0 Å². The summed E-state index contributed by atoms with van der Waals surface area (Å²) in [6.45, 7) is 12.2. The summed E-state index contributed by atoms with van der Waals surface area (Å²) in [5, 5.41) is 0. The first kappa shape index (κ1) is 31.4. The maximum absolute atomic E-state index is 13.3. The largest absolute Gasteiger partial charge is 0.444 e. The van der Waals surface area contributed by atoms with Crippen molar-refractivity contribution in [1.82, 2.24) is 29.7 Å². The van der Waals surface area contributed by atoms with Gasteiger partial charge in [-0.25, -0.2) is 19.6 Å². The van der Waals surface area contributed by atoms with Gasteiger partial charge in [0.05, 0.1) is 41.4 Å². The molecule has 2 atom stereocenters. The number of piperidine rings is 2. The van der Waals surface area contributed by atoms with Crippen LogP contribution in [0.2, 0.25) is 0 Å². The fourth-order valence-corrected chi connectivity index (χ4v) is 8.67. The third kappa shape index (κ3) is 5.21. The number of carbonyl (C=O) groups is 2. The number of likely N-dealkylation sites (tertiary alicyclic amines) is 2. The van der Waals surface area contributed by atoms with E-state index >= 15 is 0 Å². The molecule has 10 heteroatoms. The number of nitrogens with one attached hydrogen (secondary N) is 2. The van der Waals surface area contributed by atoms with Crippen molar-refractivity contribution >= 4 is 12.2 Å². The van der Waals surface area contributed by atoms with E-state index in [0.717, 1.165) is 90.4 Å². The topological polar surface area (TPSA) is 116 Å². The number of aromatic nitrogens is 4. The number of nitrogens with zero attached hydrogens (tertiary/aromatic N) is 4. The maximum Gasteiger partial charge on any atom is 0.411 e. The van der Waals surface area contributed by atoms with E-state index in [2.05, 4.69) is 58.5 Å². The lowest BCUT2D eigenvalue weighted by Crippen LogP contribution is -2.42. The molecule has 2 aromatic carbocycles. The van der Waals surface area contributed by atoms with Crippen LogP contribution in [0.5, 0.6) is 0 Å². The van der Waals surface area contributed by atoms with Crippen molar-refractivity contribution in [2.45, 2.75) is 109 Å². The van der Waals surface area contributed by atoms with Gasteiger partial charge in [-0.2, -0.15) is 0 Å². The Morgan fingerprint density at radius 1 is 0.700 bits per heavy atom. The lowest BCUT2D eigenvalue weighted by atomic mass is 10.0. The predicted octanol–water partition coefficient (Wildman–Crippen LogP) is 8.81. The van der Waals surface area contributed by atoms with Crippen LogP contribution in [0, 0.1) is 10.8 Å². The summed E-state index contributed by atoms with van der Waals surface area (Å²) in [5.74, 6) is 1.64. The van der Waals surface area contributed by atoms with Crippen LogP contribution < -0.4 is 0 Å². The summed E-state index contributed by atoms with van der Waals surface area (Å²) < 4.78 is 11.6. The Kier molecular flexibility index (Phi) is 6.42. The molecule has 2 aliphatic heterocycles. The highest BCUT2D eigenvalue weighted by Crippen LogP contribution is 2.89. The fraction of sp³-hybridized carbons (Fsp3) is 0.500. The Balaban J connectivity index is 0.879. The van der Waals surface area contributed by atoms with E-state index in [1.807, 2.05) is 63.7 Å². The van der Waals surface area contributed by atoms with Crippen molar-refractivity contribution in [2.75, 3.05) is 6.54 Å². The molecular formula is C40H46N6O4. The number of aromatic amines is 2. The molecule has 1 spiro atoms. The van der Waals surface area contributed by atoms with Gasteiger partial charge in [0.15, 0.2) is 0 Å². The van der Waals surface area contributed by atoms with E-state index < -0.39 is 11.2 Å². The number of ether oxygens (including phenoxy) is 2. The molecule has 2 unspecified atom stereocenters. The van der Waals surface area contributed by atoms with Gasteiger partial charge in [-0.15, -0.1) is 0 Å². The Hall–Kier alpha value is -4.60. The summed E-state index contributed by atoms with van der Waals surface area (Å²) in [5.41, 5.74) is 5.58. The van der Waals surface area contributed by atoms with Crippen LogP contribution in [0.3, 0.4) is 0 Å². The summed E-state index contributed by atoms with van der Waals surface area (Å²) in [6.07, 6.45) is 9.58. The van der Waals surface area contributed by atoms with Crippen LogP contribution >= 0.6 is 0 Å². The van der Waals surface area contributed by atoms with Crippen LogP contribution in [0.25, 0.3) is 33.6 Å². The molecule has 10 nitrogen and oxygen atoms in total. The molecule has 0 bridgehead atoms. The van der Waals surface area contributed by atoms with E-state index in [1.54, 1.807) is 0 Å². The molecule has 3 aliphatic carbocycles. The van der Waals surface area contributed by atoms with Gasteiger partial charge in [0.1, 0.15) is 22.9 Å². The lowest BCUT2D eigenvalue weighted by Gasteiger charge is -2.34. The summed E-state index contributed by atoms with van der Waals surface area (Å²) in [4.78, 5) is 46.7. The van der Waals surface area contributed by atoms with Gasteiger partial charge < -0.3 is 19.4 Å². The summed E-state index contributed by atoms with van der Waals surface area (Å²) >= 11 is 0. The molecule has 5 aliphatic rings. The molecule has 2 amide bonds. The van der Waals surface area contributed by atoms with Crippen molar-refractivity contribution in [3.63, 3.8) is 0 Å². The van der Waals surface area contributed by atoms with Crippen LogP contribution in [0.15, 0.2) is 60.9 Å². The highest BCUT2D eigenvalue weighted by atomic mass is 16.6. The predicted molar refractivity (Wildman–Crippen MR) is 189 cm³/mol. The van der Waals surface area contributed by atoms with E-state index in [4.69, 9.17) is 19.4 Å². The normalized spacial score (nSPS) is 27.2. The Morgan fingerprint density at radius 2 is 1.18 bits per heavy atom. The minimum Gasteiger partial charge on any atom is -0.444 e. The van der Waals surface area contributed by atoms with Gasteiger partial charge in [0, 0.05) is 12.0 Å². The number of rotatable bonds is 5. The van der Waals surface area contributed by atoms with Gasteiger partial charge >= 0.3 is 12.2 Å². The molecule has 2 aromatic heterocycles. The molecule has 2 N–H and O–H groups in total. The van der Waals surface area contributed by atoms with Crippen molar-refractivity contribution < 1.29 is 19.1 Å². The first-order chi connectivity index (χ1) is 23.7.